The maximum atomic E-state index is 12.9. The summed E-state index contributed by atoms with van der Waals surface area (Å²) in [4.78, 5) is 11.5. The van der Waals surface area contributed by atoms with Crippen molar-refractivity contribution in [1.29, 1.82) is 0 Å². The summed E-state index contributed by atoms with van der Waals surface area (Å²) in [5.41, 5.74) is -5.33. The molecule has 0 radical (unpaired) electrons. The highest BCUT2D eigenvalue weighted by atomic mass is 32.2. The third kappa shape index (κ3) is 6.11. The van der Waals surface area contributed by atoms with Gasteiger partial charge in [-0.25, -0.2) is 0 Å². The molecule has 0 fully saturated rings. The Morgan fingerprint density at radius 1 is 1.04 bits per heavy atom. The smallest absolute Gasteiger partial charge is 0.438 e. The molecule has 0 aromatic heterocycles. The van der Waals surface area contributed by atoms with E-state index in [9.17, 15) is 39.6 Å². The molecule has 12 heteroatoms. The zero-order chi connectivity index (χ0) is 19.6. The molecule has 1 unspecified atom stereocenters. The molecule has 0 aromatic rings. The summed E-state index contributed by atoms with van der Waals surface area (Å²) in [5, 5.41) is 0. The van der Waals surface area contributed by atoms with Gasteiger partial charge in [-0.15, -0.1) is 0 Å². The molecule has 0 aromatic carbocycles. The van der Waals surface area contributed by atoms with E-state index in [1.807, 2.05) is 0 Å². The Kier molecular flexibility index (Phi) is 7.14. The fourth-order valence-electron chi connectivity index (χ4n) is 1.65. The van der Waals surface area contributed by atoms with Gasteiger partial charge in [0.1, 0.15) is 5.75 Å². The van der Waals surface area contributed by atoms with Crippen LogP contribution in [-0.4, -0.2) is 42.6 Å². The van der Waals surface area contributed by atoms with E-state index in [0.29, 0.717) is 0 Å². The number of ether oxygens (including phenoxy) is 1. The maximum absolute atomic E-state index is 12.9. The Morgan fingerprint density at radius 3 is 1.75 bits per heavy atom. The van der Waals surface area contributed by atoms with Gasteiger partial charge in [-0.2, -0.15) is 34.8 Å². The Labute approximate surface area is 135 Å². The third-order valence-electron chi connectivity index (χ3n) is 3.53. The van der Waals surface area contributed by atoms with Crippen molar-refractivity contribution in [2.75, 3.05) is 5.75 Å². The van der Waals surface area contributed by atoms with E-state index in [1.165, 1.54) is 0 Å². The van der Waals surface area contributed by atoms with Gasteiger partial charge in [-0.05, 0) is 18.3 Å². The van der Waals surface area contributed by atoms with Crippen LogP contribution in [0.3, 0.4) is 0 Å². The lowest BCUT2D eigenvalue weighted by atomic mass is 9.93. The lowest BCUT2D eigenvalue weighted by Gasteiger charge is -2.35. The molecule has 0 amide bonds. The first-order valence-corrected chi connectivity index (χ1v) is 8.34. The summed E-state index contributed by atoms with van der Waals surface area (Å²) in [7, 11) is -5.76. The fraction of sp³-hybridized carbons (Fsp3) is 0.917. The Hall–Kier alpha value is -1.04. The van der Waals surface area contributed by atoms with Crippen molar-refractivity contribution in [1.82, 2.24) is 0 Å². The van der Waals surface area contributed by atoms with Crippen LogP contribution < -0.4 is 0 Å². The van der Waals surface area contributed by atoms with Crippen LogP contribution in [0, 0.1) is 11.8 Å². The van der Waals surface area contributed by atoms with Gasteiger partial charge in [-0.3, -0.25) is 9.35 Å². The van der Waals surface area contributed by atoms with Gasteiger partial charge in [-0.1, -0.05) is 20.8 Å². The first kappa shape index (κ1) is 23.0. The van der Waals surface area contributed by atoms with Gasteiger partial charge in [0.2, 0.25) is 0 Å². The number of alkyl halides is 6. The molecule has 0 aliphatic heterocycles. The Bertz CT molecular complexity index is 523. The van der Waals surface area contributed by atoms with Crippen molar-refractivity contribution < 1.29 is 48.8 Å². The van der Waals surface area contributed by atoms with Gasteiger partial charge < -0.3 is 4.74 Å². The highest BCUT2D eigenvalue weighted by Crippen LogP contribution is 2.47. The lowest BCUT2D eigenvalue weighted by molar-refractivity contribution is -0.361. The van der Waals surface area contributed by atoms with Gasteiger partial charge in [0.05, 0.1) is 0 Å². The molecule has 24 heavy (non-hydrogen) atoms. The number of carbonyl (C=O) groups is 1. The SMILES string of the molecule is CC(C)C(C)CCC(=O)OC(CS(=O)(=O)O)(C(F)(F)F)C(F)(F)F. The molecule has 0 rings (SSSR count). The molecular formula is C12H18F6O5S. The number of halogens is 6. The molecule has 0 saturated heterocycles. The number of esters is 1. The van der Waals surface area contributed by atoms with Gasteiger partial charge in [0, 0.05) is 6.42 Å². The number of hydrogen-bond donors (Lipinski definition) is 1. The van der Waals surface area contributed by atoms with E-state index in [2.05, 4.69) is 4.74 Å². The van der Waals surface area contributed by atoms with Crippen molar-refractivity contribution in [3.05, 3.63) is 0 Å². The standard InChI is InChI=1S/C12H18F6O5S/c1-7(2)8(3)4-5-9(19)23-10(11(13,14)15,12(16,17)18)6-24(20,21)22/h7-8H,4-6H2,1-3H3,(H,20,21,22). The van der Waals surface area contributed by atoms with Crippen LogP contribution >= 0.6 is 0 Å². The minimum atomic E-state index is -6.29. The lowest BCUT2D eigenvalue weighted by Crippen LogP contribution is -2.63. The molecule has 0 heterocycles. The van der Waals surface area contributed by atoms with Gasteiger partial charge in [0.25, 0.3) is 10.1 Å². The largest absolute Gasteiger partial charge is 0.438 e. The van der Waals surface area contributed by atoms with Crippen LogP contribution in [0.5, 0.6) is 0 Å². The molecule has 5 nitrogen and oxygen atoms in total. The van der Waals surface area contributed by atoms with Crippen LogP contribution in [-0.2, 0) is 19.6 Å². The topological polar surface area (TPSA) is 80.7 Å². The van der Waals surface area contributed by atoms with Crippen LogP contribution in [0.2, 0.25) is 0 Å². The maximum Gasteiger partial charge on any atom is 0.438 e. The highest BCUT2D eigenvalue weighted by Gasteiger charge is 2.75. The second-order valence-corrected chi connectivity index (χ2v) is 7.24. The fourth-order valence-corrected chi connectivity index (χ4v) is 2.55. The Balaban J connectivity index is 5.61. The highest BCUT2D eigenvalue weighted by molar-refractivity contribution is 7.85. The van der Waals surface area contributed by atoms with Gasteiger partial charge in [0.15, 0.2) is 0 Å². The molecule has 0 bridgehead atoms. The molecule has 144 valence electrons. The van der Waals surface area contributed by atoms with E-state index < -0.39 is 46.2 Å². The molecule has 0 aliphatic rings. The quantitative estimate of drug-likeness (QED) is 0.411. The average molecular weight is 388 g/mol. The summed E-state index contributed by atoms with van der Waals surface area (Å²) >= 11 is 0. The minimum Gasteiger partial charge on any atom is -0.438 e. The van der Waals surface area contributed by atoms with E-state index in [1.54, 1.807) is 20.8 Å². The zero-order valence-electron chi connectivity index (χ0n) is 13.0. The average Bonchev–Trinajstić information content (AvgIpc) is 2.30. The minimum absolute atomic E-state index is 0.0191. The first-order chi connectivity index (χ1) is 10.4. The summed E-state index contributed by atoms with van der Waals surface area (Å²) in [6.45, 7) is 5.12. The Morgan fingerprint density at radius 2 is 1.46 bits per heavy atom. The van der Waals surface area contributed by atoms with Crippen LogP contribution in [0.1, 0.15) is 33.6 Å². The first-order valence-electron chi connectivity index (χ1n) is 6.73. The zero-order valence-corrected chi connectivity index (χ0v) is 13.8. The molecule has 0 aliphatic carbocycles. The van der Waals surface area contributed by atoms with E-state index in [4.69, 9.17) is 4.55 Å². The van der Waals surface area contributed by atoms with Crippen molar-refractivity contribution in [2.45, 2.75) is 51.6 Å². The van der Waals surface area contributed by atoms with E-state index in [-0.39, 0.29) is 18.3 Å². The van der Waals surface area contributed by atoms with Gasteiger partial charge >= 0.3 is 23.9 Å². The van der Waals surface area contributed by atoms with Crippen molar-refractivity contribution in [2.24, 2.45) is 11.8 Å². The monoisotopic (exact) mass is 388 g/mol. The van der Waals surface area contributed by atoms with Crippen LogP contribution in [0.15, 0.2) is 0 Å². The second kappa shape index (κ2) is 7.46. The summed E-state index contributed by atoms with van der Waals surface area (Å²) in [6.07, 6.45) is -13.4. The molecule has 0 saturated carbocycles. The normalized spacial score (nSPS) is 15.5. The summed E-state index contributed by atoms with van der Waals surface area (Å²) < 4.78 is 111. The predicted molar refractivity (Wildman–Crippen MR) is 70.6 cm³/mol. The van der Waals surface area contributed by atoms with Crippen molar-refractivity contribution in [3.63, 3.8) is 0 Å². The van der Waals surface area contributed by atoms with Crippen molar-refractivity contribution >= 4 is 16.1 Å². The number of carbonyl (C=O) groups excluding carboxylic acids is 1. The molecule has 1 atom stereocenters. The predicted octanol–water partition coefficient (Wildman–Crippen LogP) is 3.35. The second-order valence-electron chi connectivity index (χ2n) is 5.78. The van der Waals surface area contributed by atoms with E-state index >= 15 is 0 Å². The summed E-state index contributed by atoms with van der Waals surface area (Å²) in [5.74, 6) is -4.89. The summed E-state index contributed by atoms with van der Waals surface area (Å²) in [6, 6.07) is 0. The number of rotatable bonds is 7. The van der Waals surface area contributed by atoms with Crippen LogP contribution in [0.4, 0.5) is 26.3 Å². The number of hydrogen-bond acceptors (Lipinski definition) is 4. The van der Waals surface area contributed by atoms with Crippen LogP contribution in [0.25, 0.3) is 0 Å². The van der Waals surface area contributed by atoms with E-state index in [0.717, 1.165) is 0 Å². The third-order valence-corrected chi connectivity index (χ3v) is 4.30. The molecule has 1 N–H and O–H groups in total. The van der Waals surface area contributed by atoms with Crippen molar-refractivity contribution in [3.8, 4) is 0 Å². The molecular weight excluding hydrogens is 370 g/mol. The molecule has 0 spiro atoms.